The van der Waals surface area contributed by atoms with Crippen molar-refractivity contribution < 1.29 is 9.84 Å². The molecule has 2 aliphatic heterocycles. The predicted octanol–water partition coefficient (Wildman–Crippen LogP) is 4.71. The van der Waals surface area contributed by atoms with Crippen molar-refractivity contribution in [2.45, 2.75) is 38.7 Å². The van der Waals surface area contributed by atoms with Gasteiger partial charge in [0.05, 0.1) is 36.5 Å². The lowest BCUT2D eigenvalue weighted by atomic mass is 9.96. The van der Waals surface area contributed by atoms with Gasteiger partial charge < -0.3 is 19.8 Å². The van der Waals surface area contributed by atoms with Gasteiger partial charge in [-0.25, -0.2) is 0 Å². The fraction of sp³-hybridized carbons (Fsp3) is 0.333. The summed E-state index contributed by atoms with van der Waals surface area (Å²) in [6.45, 7) is 1.75. The summed E-state index contributed by atoms with van der Waals surface area (Å²) in [5.41, 5.74) is 10.6. The number of benzene rings is 2. The molecule has 6 rings (SSSR count). The van der Waals surface area contributed by atoms with Gasteiger partial charge in [-0.15, -0.1) is 0 Å². The average molecular weight is 441 g/mol. The number of hydrogen-bond acceptors (Lipinski definition) is 4. The molecule has 2 aromatic heterocycles. The van der Waals surface area contributed by atoms with E-state index in [1.54, 1.807) is 7.11 Å². The van der Waals surface area contributed by atoms with Gasteiger partial charge in [0.1, 0.15) is 5.75 Å². The number of aliphatic hydroxyl groups is 1. The van der Waals surface area contributed by atoms with Crippen molar-refractivity contribution >= 4 is 33.2 Å². The van der Waals surface area contributed by atoms with E-state index in [4.69, 9.17) is 14.7 Å². The van der Waals surface area contributed by atoms with E-state index in [0.29, 0.717) is 0 Å². The fourth-order valence-corrected chi connectivity index (χ4v) is 5.37. The number of fused-ring (bicyclic) bond motifs is 6. The van der Waals surface area contributed by atoms with Crippen LogP contribution in [0.1, 0.15) is 47.3 Å². The molecule has 0 aliphatic carbocycles. The van der Waals surface area contributed by atoms with Gasteiger partial charge in [0.2, 0.25) is 0 Å². The van der Waals surface area contributed by atoms with Gasteiger partial charge in [-0.05, 0) is 67.0 Å². The van der Waals surface area contributed by atoms with E-state index in [2.05, 4.69) is 34.2 Å². The van der Waals surface area contributed by atoms with Crippen molar-refractivity contribution in [2.75, 3.05) is 20.2 Å². The third-order valence-corrected chi connectivity index (χ3v) is 7.00. The largest absolute Gasteiger partial charge is 0.497 e. The van der Waals surface area contributed by atoms with Crippen molar-refractivity contribution in [1.29, 1.82) is 0 Å². The highest BCUT2D eigenvalue weighted by molar-refractivity contribution is 6.08. The summed E-state index contributed by atoms with van der Waals surface area (Å²) < 4.78 is 5.40. The lowest BCUT2D eigenvalue weighted by molar-refractivity contribution is 0.282. The maximum atomic E-state index is 9.48. The summed E-state index contributed by atoms with van der Waals surface area (Å²) in [5, 5.41) is 12.0. The Hall–Kier alpha value is -3.38. The smallest absolute Gasteiger partial charge is 0.120 e. The minimum Gasteiger partial charge on any atom is -0.497 e. The molecule has 168 valence electrons. The first-order valence-corrected chi connectivity index (χ1v) is 11.8. The molecule has 0 saturated carbocycles. The van der Waals surface area contributed by atoms with Crippen LogP contribution in [0.15, 0.2) is 46.4 Å². The highest BCUT2D eigenvalue weighted by Gasteiger charge is 2.22. The maximum absolute atomic E-state index is 9.48. The van der Waals surface area contributed by atoms with E-state index < -0.39 is 0 Å². The zero-order chi connectivity index (χ0) is 22.4. The summed E-state index contributed by atoms with van der Waals surface area (Å²) in [4.78, 5) is 16.9. The molecule has 6 heteroatoms. The van der Waals surface area contributed by atoms with Crippen LogP contribution in [0.5, 0.6) is 5.75 Å². The summed E-state index contributed by atoms with van der Waals surface area (Å²) >= 11 is 0. The fourth-order valence-electron chi connectivity index (χ4n) is 5.37. The van der Waals surface area contributed by atoms with E-state index in [1.807, 2.05) is 12.1 Å². The molecule has 4 heterocycles. The normalized spacial score (nSPS) is 15.3. The van der Waals surface area contributed by atoms with Crippen LogP contribution < -0.4 is 4.74 Å². The second-order valence-corrected chi connectivity index (χ2v) is 8.92. The number of nitrogens with zero attached hydrogens (tertiary/aromatic N) is 2. The topological polar surface area (TPSA) is 85.8 Å². The number of rotatable bonds is 6. The molecule has 0 saturated heterocycles. The molecule has 3 N–H and O–H groups in total. The van der Waals surface area contributed by atoms with E-state index in [0.717, 1.165) is 73.3 Å². The first-order valence-electron chi connectivity index (χ1n) is 11.8. The maximum Gasteiger partial charge on any atom is 0.120 e. The summed E-state index contributed by atoms with van der Waals surface area (Å²) in [6.07, 6.45) is 4.81. The standard InChI is InChI=1S/C27H28N4O2/c1-33-17-6-8-19-21-10-12-29-23(27(21)31-25(19)14-17)4-2-3-22-26-20(9-11-28-22)18-7-5-16(15-32)13-24(18)30-26/h5-8,13-14,30-32H,2-4,9-12,15H2,1H3. The SMILES string of the molecule is COc1ccc2c3c([nH]c2c1)C(CCCC1=NCCc2c1[nH]c1cc(CO)ccc21)=NCC3. The highest BCUT2D eigenvalue weighted by Crippen LogP contribution is 2.31. The number of aliphatic hydroxyl groups excluding tert-OH is 1. The lowest BCUT2D eigenvalue weighted by Crippen LogP contribution is -2.15. The second-order valence-electron chi connectivity index (χ2n) is 8.92. The summed E-state index contributed by atoms with van der Waals surface area (Å²) in [7, 11) is 1.70. The van der Waals surface area contributed by atoms with Crippen molar-refractivity contribution in [3.63, 3.8) is 0 Å². The molecule has 0 spiro atoms. The third kappa shape index (κ3) is 3.45. The summed E-state index contributed by atoms with van der Waals surface area (Å²) in [5.74, 6) is 0.871. The molecule has 33 heavy (non-hydrogen) atoms. The molecule has 0 amide bonds. The van der Waals surface area contributed by atoms with Gasteiger partial charge in [-0.1, -0.05) is 12.1 Å². The van der Waals surface area contributed by atoms with Crippen LogP contribution in [0.3, 0.4) is 0 Å². The number of H-pyrrole nitrogens is 2. The molecule has 2 aliphatic rings. The van der Waals surface area contributed by atoms with Crippen LogP contribution in [0.2, 0.25) is 0 Å². The molecular weight excluding hydrogens is 412 g/mol. The van der Waals surface area contributed by atoms with Gasteiger partial charge in [0.25, 0.3) is 0 Å². The number of methoxy groups -OCH3 is 1. The minimum atomic E-state index is 0.0607. The summed E-state index contributed by atoms with van der Waals surface area (Å²) in [6, 6.07) is 12.4. The third-order valence-electron chi connectivity index (χ3n) is 7.00. The molecule has 6 nitrogen and oxygen atoms in total. The minimum absolute atomic E-state index is 0.0607. The average Bonchev–Trinajstić information content (AvgIpc) is 3.42. The molecular formula is C27H28N4O2. The number of aromatic amines is 2. The van der Waals surface area contributed by atoms with Crippen molar-refractivity contribution in [1.82, 2.24) is 9.97 Å². The lowest BCUT2D eigenvalue weighted by Gasteiger charge is -2.15. The van der Waals surface area contributed by atoms with Crippen molar-refractivity contribution in [3.8, 4) is 5.75 Å². The van der Waals surface area contributed by atoms with E-state index >= 15 is 0 Å². The zero-order valence-corrected chi connectivity index (χ0v) is 18.9. The van der Waals surface area contributed by atoms with E-state index in [9.17, 15) is 5.11 Å². The second kappa shape index (κ2) is 8.19. The zero-order valence-electron chi connectivity index (χ0n) is 18.9. The van der Waals surface area contributed by atoms with E-state index in [-0.39, 0.29) is 6.61 Å². The van der Waals surface area contributed by atoms with Gasteiger partial charge in [-0.3, -0.25) is 9.98 Å². The molecule has 4 aromatic rings. The predicted molar refractivity (Wildman–Crippen MR) is 133 cm³/mol. The van der Waals surface area contributed by atoms with Crippen molar-refractivity contribution in [2.24, 2.45) is 9.98 Å². The Bertz CT molecular complexity index is 1320. The van der Waals surface area contributed by atoms with Gasteiger partial charge in [0, 0.05) is 41.0 Å². The van der Waals surface area contributed by atoms with Crippen LogP contribution in [-0.4, -0.2) is 46.7 Å². The first-order chi connectivity index (χ1) is 16.2. The molecule has 0 unspecified atom stereocenters. The highest BCUT2D eigenvalue weighted by atomic mass is 16.5. The quantitative estimate of drug-likeness (QED) is 0.406. The molecule has 0 fully saturated rings. The number of nitrogens with one attached hydrogen (secondary N) is 2. The number of hydrogen-bond donors (Lipinski definition) is 3. The number of aliphatic imine (C=N–C) groups is 2. The number of ether oxygens (including phenoxy) is 1. The van der Waals surface area contributed by atoms with Crippen LogP contribution in [-0.2, 0) is 19.4 Å². The molecule has 0 atom stereocenters. The van der Waals surface area contributed by atoms with Crippen LogP contribution in [0.4, 0.5) is 0 Å². The Labute approximate surface area is 192 Å². The van der Waals surface area contributed by atoms with Crippen LogP contribution >= 0.6 is 0 Å². The first kappa shape index (κ1) is 20.2. The van der Waals surface area contributed by atoms with Gasteiger partial charge in [-0.2, -0.15) is 0 Å². The van der Waals surface area contributed by atoms with E-state index in [1.165, 1.54) is 39.0 Å². The Kier molecular flexibility index (Phi) is 5.03. The molecule has 2 aromatic carbocycles. The Balaban J connectivity index is 1.21. The Morgan fingerprint density at radius 1 is 0.848 bits per heavy atom. The van der Waals surface area contributed by atoms with Crippen LogP contribution in [0.25, 0.3) is 21.8 Å². The Morgan fingerprint density at radius 3 is 2.06 bits per heavy atom. The Morgan fingerprint density at radius 2 is 1.45 bits per heavy atom. The van der Waals surface area contributed by atoms with Crippen molar-refractivity contribution in [3.05, 3.63) is 64.5 Å². The number of aromatic nitrogens is 2. The molecule has 0 bridgehead atoms. The van der Waals surface area contributed by atoms with Gasteiger partial charge >= 0.3 is 0 Å². The monoisotopic (exact) mass is 440 g/mol. The van der Waals surface area contributed by atoms with Gasteiger partial charge in [0.15, 0.2) is 0 Å². The molecule has 0 radical (unpaired) electrons. The van der Waals surface area contributed by atoms with Crippen LogP contribution in [0, 0.1) is 0 Å².